The zero-order valence-corrected chi connectivity index (χ0v) is 103. The zero-order chi connectivity index (χ0) is 106. The molecule has 12 rings (SSSR count). The van der Waals surface area contributed by atoms with Crippen LogP contribution >= 0.6 is 0 Å². The fourth-order valence-electron chi connectivity index (χ4n) is 16.9. The van der Waals surface area contributed by atoms with Crippen LogP contribution in [0.3, 0.4) is 0 Å². The van der Waals surface area contributed by atoms with Crippen LogP contribution in [-0.4, -0.2) is 63.5 Å². The van der Waals surface area contributed by atoms with E-state index in [4.69, 9.17) is 0 Å². The number of rotatable bonds is 34. The van der Waals surface area contributed by atoms with E-state index in [0.717, 1.165) is 157 Å². The summed E-state index contributed by atoms with van der Waals surface area (Å²) < 4.78 is 0. The van der Waals surface area contributed by atoms with Crippen molar-refractivity contribution >= 4 is 66.2 Å². The van der Waals surface area contributed by atoms with E-state index in [1.165, 1.54) is 112 Å². The van der Waals surface area contributed by atoms with Gasteiger partial charge >= 0.3 is 0 Å². The summed E-state index contributed by atoms with van der Waals surface area (Å²) in [5, 5.41) is 48.3. The van der Waals surface area contributed by atoms with Gasteiger partial charge in [-0.2, -0.15) is 0 Å². The summed E-state index contributed by atoms with van der Waals surface area (Å²) >= 11 is 0. The number of ketones is 4. The van der Waals surface area contributed by atoms with Crippen LogP contribution in [0.5, 0.6) is 0 Å². The van der Waals surface area contributed by atoms with Gasteiger partial charge in [-0.25, -0.2) is 0 Å². The molecule has 12 aromatic rings. The Kier molecular flexibility index (Phi) is 64.0. The second-order valence-electron chi connectivity index (χ2n) is 40.4. The molecule has 146 heavy (non-hydrogen) atoms. The minimum absolute atomic E-state index is 0. The average Bonchev–Trinajstić information content (AvgIpc) is 0.802. The van der Waals surface area contributed by atoms with Crippen LogP contribution in [0.1, 0.15) is 322 Å². The van der Waals surface area contributed by atoms with Crippen LogP contribution in [0.2, 0.25) is 0 Å². The van der Waals surface area contributed by atoms with Gasteiger partial charge in [0.2, 0.25) is 0 Å². The smallest absolute Gasteiger partial charge is 0.162 e. The third-order valence-electron chi connectivity index (χ3n) is 26.6. The van der Waals surface area contributed by atoms with Crippen molar-refractivity contribution in [2.24, 2.45) is 59.2 Å². The van der Waals surface area contributed by atoms with Gasteiger partial charge in [-0.3, -0.25) is 19.2 Å². The van der Waals surface area contributed by atoms with Crippen molar-refractivity contribution in [1.82, 2.24) is 19.9 Å². The van der Waals surface area contributed by atoms with Crippen molar-refractivity contribution < 1.29 is 120 Å². The third-order valence-corrected chi connectivity index (χ3v) is 26.6. The molecule has 0 aliphatic heterocycles. The predicted molar refractivity (Wildman–Crippen MR) is 604 cm³/mol. The molecule has 4 radical (unpaired) electrons. The molecule has 0 saturated carbocycles. The number of nitrogens with zero attached hydrogens (tertiary/aromatic N) is 4. The number of benzene rings is 8. The SMILES string of the molecule is CCC(C)C(=O)C=C(O)C(C)CC.CCC(C)C(=O)C=C(O)C(C)CC.CCC(CC)C(=O)C=C(O)C(CC)CC.CCC(CC)C(=O)C=C(O)C(CC)CC.Cc1[c-]c(-c2nccc3cc(C(C)C)ccc23)cc(C)c1.Cc1[c-]c(-c2nccc3cc(C(C)C)ccc23)cc(C)c1.Cc1[c-]c(-c2nccc3ccc(CC(C)C)cc23)cc(C)c1.Cc1[c-]c(-c2nccc3ccc(CC(C)C)cc23)cc(C)c1.[Ir].[Ir].[Ir].[Ir]. The largest absolute Gasteiger partial charge is 0.512 e. The molecule has 4 atom stereocenters. The van der Waals surface area contributed by atoms with Gasteiger partial charge in [0.1, 0.15) is 0 Å². The maximum Gasteiger partial charge on any atom is 0.162 e. The number of aryl methyl sites for hydroxylation is 8. The molecule has 0 aliphatic carbocycles. The number of fused-ring (bicyclic) bond motifs is 4. The predicted octanol–water partition coefficient (Wildman–Crippen LogP) is 35.8. The Morgan fingerprint density at radius 3 is 0.747 bits per heavy atom. The number of hydrogen-bond donors (Lipinski definition) is 4. The molecule has 4 N–H and O–H groups in total. The van der Waals surface area contributed by atoms with E-state index in [2.05, 4.69) is 301 Å². The summed E-state index contributed by atoms with van der Waals surface area (Å²) in [6.45, 7) is 66.4. The number of carbonyl (C=O) groups is 4. The van der Waals surface area contributed by atoms with Crippen molar-refractivity contribution in [1.29, 1.82) is 0 Å². The molecule has 8 aromatic carbocycles. The Balaban J connectivity index is 0.000000839. The second kappa shape index (κ2) is 69.3. The fraction of sp³-hybridized carbons (Fsp3) is 0.446. The molecule has 12 nitrogen and oxygen atoms in total. The number of hydrogen-bond acceptors (Lipinski definition) is 12. The summed E-state index contributed by atoms with van der Waals surface area (Å²) in [6.07, 6.45) is 25.7. The van der Waals surface area contributed by atoms with E-state index < -0.39 is 0 Å². The van der Waals surface area contributed by atoms with E-state index in [1.807, 2.05) is 136 Å². The quantitative estimate of drug-likeness (QED) is 0.0169. The second-order valence-corrected chi connectivity index (χ2v) is 40.4. The molecule has 0 spiro atoms. The molecule has 800 valence electrons. The van der Waals surface area contributed by atoms with E-state index in [1.54, 1.807) is 0 Å². The van der Waals surface area contributed by atoms with Crippen LogP contribution < -0.4 is 0 Å². The number of pyridine rings is 4. The molecule has 4 heterocycles. The summed E-state index contributed by atoms with van der Waals surface area (Å²) in [6, 6.07) is 66.2. The molecule has 0 fully saturated rings. The van der Waals surface area contributed by atoms with Crippen LogP contribution in [0.15, 0.2) is 218 Å². The normalized spacial score (nSPS) is 12.2. The molecule has 4 unspecified atom stereocenters. The van der Waals surface area contributed by atoms with Gasteiger partial charge in [0, 0.05) is 177 Å². The first kappa shape index (κ1) is 135. The van der Waals surface area contributed by atoms with Crippen molar-refractivity contribution in [2.45, 2.75) is 323 Å². The van der Waals surface area contributed by atoms with Gasteiger partial charge in [0.15, 0.2) is 23.1 Å². The van der Waals surface area contributed by atoms with E-state index in [0.29, 0.717) is 23.7 Å². The first-order valence-corrected chi connectivity index (χ1v) is 52.7. The topological polar surface area (TPSA) is 201 Å². The summed E-state index contributed by atoms with van der Waals surface area (Å²) in [5.41, 5.74) is 23.6. The molecule has 16 heteroatoms. The number of aliphatic hydroxyl groups excluding tert-OH is 4. The van der Waals surface area contributed by atoms with Gasteiger partial charge in [-0.05, 0) is 226 Å². The van der Waals surface area contributed by atoms with Crippen LogP contribution in [-0.2, 0) is 112 Å². The average molecular weight is 2690 g/mol. The molecule has 0 amide bonds. The standard InChI is InChI=1S/2C21H22N.2C20H20N.2C13H24O2.2C11H20O2.4Ir/c2*1-14(2)9-17-5-6-18-7-8-22-21(20(18)13-17)19-11-15(3)10-16(4)12-19;2*1-13(2)16-5-6-19-17(12-16)7-8-21-20(19)18-10-14(3)9-15(4)11-18;2*1-5-10(6-2)12(14)9-13(15)11(7-3)8-4;2*1-5-8(3)10(12)7-11(13)9(4)6-2;;;;/h2*5-8,10-11,13-14H,9H2,1-4H3;2*5-10,12-13H,1-4H3;2*9-11,14H,5-8H2,1-4H3;2*7-9,12H,5-6H2,1-4H3;;;;/q4*-1;;;;;;;;. The van der Waals surface area contributed by atoms with Crippen molar-refractivity contribution in [2.75, 3.05) is 0 Å². The number of allylic oxidation sites excluding steroid dienone is 8. The van der Waals surface area contributed by atoms with Gasteiger partial charge in [0.05, 0.1) is 23.0 Å². The van der Waals surface area contributed by atoms with E-state index >= 15 is 0 Å². The van der Waals surface area contributed by atoms with E-state index in [-0.39, 0.29) is 174 Å². The minimum Gasteiger partial charge on any atom is -0.512 e. The van der Waals surface area contributed by atoms with Gasteiger partial charge in [-0.1, -0.05) is 294 Å². The van der Waals surface area contributed by atoms with Crippen molar-refractivity contribution in [3.8, 4) is 45.0 Å². The van der Waals surface area contributed by atoms with E-state index in [9.17, 15) is 39.6 Å². The Morgan fingerprint density at radius 1 is 0.267 bits per heavy atom. The Hall–Kier alpha value is -9.16. The minimum atomic E-state index is 0. The Labute approximate surface area is 934 Å². The maximum absolute atomic E-state index is 11.7. The molecular weight excluding hydrogens is 2510 g/mol. The van der Waals surface area contributed by atoms with Crippen molar-refractivity contribution in [3.05, 3.63) is 309 Å². The van der Waals surface area contributed by atoms with Crippen LogP contribution in [0, 0.1) is 139 Å². The van der Waals surface area contributed by atoms with Crippen molar-refractivity contribution in [3.63, 3.8) is 0 Å². The molecule has 0 bridgehead atoms. The molecule has 0 aliphatic rings. The Bertz CT molecular complexity index is 5710. The maximum atomic E-state index is 11.7. The monoisotopic (exact) mass is 2690 g/mol. The first-order valence-electron chi connectivity index (χ1n) is 52.7. The number of aliphatic hydroxyl groups is 4. The zero-order valence-electron chi connectivity index (χ0n) is 93.8. The summed E-state index contributed by atoms with van der Waals surface area (Å²) in [5.74, 6) is 4.20. The molecule has 4 aromatic heterocycles. The summed E-state index contributed by atoms with van der Waals surface area (Å²) in [7, 11) is 0. The molecule has 0 saturated heterocycles. The van der Waals surface area contributed by atoms with Gasteiger partial charge < -0.3 is 40.4 Å². The number of carbonyl (C=O) groups excluding carboxylic acids is 4. The first-order chi connectivity index (χ1) is 67.4. The molecular formula is C130H172Ir4N4O8-4. The van der Waals surface area contributed by atoms with Crippen LogP contribution in [0.4, 0.5) is 0 Å². The number of aromatic nitrogens is 4. The third kappa shape index (κ3) is 43.8. The fourth-order valence-corrected chi connectivity index (χ4v) is 16.9. The summed E-state index contributed by atoms with van der Waals surface area (Å²) in [4.78, 5) is 64.7. The van der Waals surface area contributed by atoms with Gasteiger partial charge in [-0.15, -0.1) is 140 Å². The van der Waals surface area contributed by atoms with Gasteiger partial charge in [0.25, 0.3) is 0 Å². The van der Waals surface area contributed by atoms with Crippen LogP contribution in [0.25, 0.3) is 88.1 Å². The Morgan fingerprint density at radius 2 is 0.514 bits per heavy atom.